The van der Waals surface area contributed by atoms with E-state index < -0.39 is 12.1 Å². The zero-order valence-corrected chi connectivity index (χ0v) is 16.5. The van der Waals surface area contributed by atoms with Gasteiger partial charge in [-0.25, -0.2) is 9.97 Å². The molecule has 2 N–H and O–H groups in total. The Hall–Kier alpha value is -2.62. The molecule has 0 atom stereocenters. The quantitative estimate of drug-likeness (QED) is 0.622. The minimum absolute atomic E-state index is 0.0546. The maximum atomic E-state index is 12.4. The normalized spacial score (nSPS) is 12.4. The van der Waals surface area contributed by atoms with Crippen LogP contribution in [0.1, 0.15) is 20.8 Å². The molecule has 3 aromatic rings. The first-order chi connectivity index (χ1) is 13.0. The molecule has 0 bridgehead atoms. The van der Waals surface area contributed by atoms with Gasteiger partial charge in [0, 0.05) is 17.0 Å². The fraction of sp³-hybridized carbons (Fsp3) is 0.333. The lowest BCUT2D eigenvalue weighted by Crippen LogP contribution is -2.18. The summed E-state index contributed by atoms with van der Waals surface area (Å²) in [7, 11) is 1.59. The van der Waals surface area contributed by atoms with Crippen molar-refractivity contribution in [1.29, 1.82) is 0 Å². The van der Waals surface area contributed by atoms with Crippen molar-refractivity contribution in [2.75, 3.05) is 12.8 Å². The molecule has 3 heterocycles. The van der Waals surface area contributed by atoms with Gasteiger partial charge < -0.3 is 15.2 Å². The maximum Gasteiger partial charge on any atom is 0.573 e. The Balaban J connectivity index is 2.06. The summed E-state index contributed by atoms with van der Waals surface area (Å²) in [5, 5.41) is 0. The number of ether oxygens (including phenoxy) is 2. The number of methoxy groups -OCH3 is 1. The van der Waals surface area contributed by atoms with Gasteiger partial charge in [0.25, 0.3) is 0 Å². The van der Waals surface area contributed by atoms with Gasteiger partial charge in [-0.3, -0.25) is 4.40 Å². The van der Waals surface area contributed by atoms with Crippen molar-refractivity contribution in [3.8, 4) is 22.9 Å². The van der Waals surface area contributed by atoms with E-state index in [1.165, 1.54) is 6.07 Å². The SMILES string of the molecule is COc1cc2ncc(-c3ccc(OC(F)(F)F)c(N)n3)n2cc1SC(C)(C)C. The molecule has 10 heteroatoms. The molecule has 6 nitrogen and oxygen atoms in total. The topological polar surface area (TPSA) is 74.7 Å². The molecular weight excluding hydrogens is 393 g/mol. The van der Waals surface area contributed by atoms with Gasteiger partial charge >= 0.3 is 6.36 Å². The average molecular weight is 412 g/mol. The van der Waals surface area contributed by atoms with E-state index in [1.807, 2.05) is 6.20 Å². The number of rotatable bonds is 4. The highest BCUT2D eigenvalue weighted by molar-refractivity contribution is 8.00. The van der Waals surface area contributed by atoms with Crippen LogP contribution >= 0.6 is 11.8 Å². The van der Waals surface area contributed by atoms with Crippen LogP contribution in [0.15, 0.2) is 35.5 Å². The van der Waals surface area contributed by atoms with Crippen LogP contribution in [0, 0.1) is 0 Å². The van der Waals surface area contributed by atoms with Gasteiger partial charge in [0.15, 0.2) is 11.6 Å². The molecule has 0 saturated heterocycles. The average Bonchev–Trinajstić information content (AvgIpc) is 2.96. The lowest BCUT2D eigenvalue weighted by Gasteiger charge is -2.19. The second kappa shape index (κ2) is 7.08. The van der Waals surface area contributed by atoms with Crippen molar-refractivity contribution in [3.63, 3.8) is 0 Å². The van der Waals surface area contributed by atoms with Crippen LogP contribution in [-0.4, -0.2) is 32.6 Å². The largest absolute Gasteiger partial charge is 0.573 e. The van der Waals surface area contributed by atoms with Gasteiger partial charge in [0.2, 0.25) is 0 Å². The maximum absolute atomic E-state index is 12.4. The Morgan fingerprint density at radius 1 is 1.14 bits per heavy atom. The molecule has 0 radical (unpaired) electrons. The Bertz CT molecular complexity index is 1010. The summed E-state index contributed by atoms with van der Waals surface area (Å²) in [5.74, 6) is -0.218. The van der Waals surface area contributed by atoms with E-state index in [-0.39, 0.29) is 10.6 Å². The molecule has 0 spiro atoms. The first-order valence-corrected chi connectivity index (χ1v) is 9.05. The number of fused-ring (bicyclic) bond motifs is 1. The van der Waals surface area contributed by atoms with E-state index >= 15 is 0 Å². The minimum atomic E-state index is -4.84. The van der Waals surface area contributed by atoms with Crippen LogP contribution in [0.2, 0.25) is 0 Å². The van der Waals surface area contributed by atoms with E-state index in [1.54, 1.807) is 35.5 Å². The van der Waals surface area contributed by atoms with E-state index in [4.69, 9.17) is 10.5 Å². The second-order valence-corrected chi connectivity index (χ2v) is 8.79. The van der Waals surface area contributed by atoms with Gasteiger partial charge in [-0.15, -0.1) is 24.9 Å². The fourth-order valence-electron chi connectivity index (χ4n) is 2.56. The molecular formula is C18H19F3N4O2S. The predicted octanol–water partition coefficient (Wildman–Crippen LogP) is 4.78. The van der Waals surface area contributed by atoms with Crippen molar-refractivity contribution in [1.82, 2.24) is 14.4 Å². The highest BCUT2D eigenvalue weighted by Crippen LogP contribution is 2.39. The predicted molar refractivity (Wildman–Crippen MR) is 102 cm³/mol. The summed E-state index contributed by atoms with van der Waals surface area (Å²) in [4.78, 5) is 9.28. The molecule has 3 aromatic heterocycles. The van der Waals surface area contributed by atoms with Gasteiger partial charge in [0.05, 0.1) is 29.6 Å². The van der Waals surface area contributed by atoms with E-state index in [0.717, 1.165) is 11.0 Å². The third kappa shape index (κ3) is 4.44. The summed E-state index contributed by atoms with van der Waals surface area (Å²) in [6, 6.07) is 4.34. The number of alkyl halides is 3. The van der Waals surface area contributed by atoms with E-state index in [0.29, 0.717) is 22.8 Å². The smallest absolute Gasteiger partial charge is 0.495 e. The Morgan fingerprint density at radius 3 is 2.43 bits per heavy atom. The summed E-state index contributed by atoms with van der Waals surface area (Å²) < 4.78 is 48.3. The number of hydrogen-bond acceptors (Lipinski definition) is 6. The van der Waals surface area contributed by atoms with Crippen molar-refractivity contribution in [2.45, 2.75) is 36.8 Å². The lowest BCUT2D eigenvalue weighted by atomic mass is 10.2. The number of halogens is 3. The number of thioether (sulfide) groups is 1. The Kier molecular flexibility index (Phi) is 5.09. The molecule has 0 saturated carbocycles. The molecule has 3 rings (SSSR count). The Labute approximate surface area is 163 Å². The lowest BCUT2D eigenvalue weighted by molar-refractivity contribution is -0.274. The van der Waals surface area contributed by atoms with Crippen molar-refractivity contribution >= 4 is 23.2 Å². The number of nitrogen functional groups attached to an aromatic ring is 1. The fourth-order valence-corrected chi connectivity index (χ4v) is 3.62. The molecule has 0 fully saturated rings. The first kappa shape index (κ1) is 20.1. The second-order valence-electron chi connectivity index (χ2n) is 6.92. The van der Waals surface area contributed by atoms with E-state index in [9.17, 15) is 13.2 Å². The molecule has 0 aliphatic rings. The number of nitrogens with zero attached hydrogens (tertiary/aromatic N) is 3. The number of imidazole rings is 1. The summed E-state index contributed by atoms with van der Waals surface area (Å²) >= 11 is 1.62. The highest BCUT2D eigenvalue weighted by atomic mass is 32.2. The van der Waals surface area contributed by atoms with Crippen LogP contribution in [0.5, 0.6) is 11.5 Å². The summed E-state index contributed by atoms with van der Waals surface area (Å²) in [6.07, 6.45) is -1.40. The molecule has 0 aliphatic heterocycles. The number of hydrogen-bond donors (Lipinski definition) is 1. The van der Waals surface area contributed by atoms with Gasteiger partial charge in [-0.05, 0) is 12.1 Å². The summed E-state index contributed by atoms with van der Waals surface area (Å²) in [5.41, 5.74) is 7.21. The number of nitrogens with two attached hydrogens (primary N) is 1. The standard InChI is InChI=1S/C18H19F3N4O2S/c1-17(2,3)28-14-9-25-11(8-23-15(25)7-13(14)26-4)10-5-6-12(16(22)24-10)27-18(19,20)21/h5-9H,1-4H3,(H2,22,24). The van der Waals surface area contributed by atoms with Crippen molar-refractivity contribution in [2.24, 2.45) is 0 Å². The summed E-state index contributed by atoms with van der Waals surface area (Å²) in [6.45, 7) is 6.24. The van der Waals surface area contributed by atoms with Crippen LogP contribution in [0.3, 0.4) is 0 Å². The first-order valence-electron chi connectivity index (χ1n) is 8.23. The molecule has 28 heavy (non-hydrogen) atoms. The van der Waals surface area contributed by atoms with Crippen LogP contribution in [0.4, 0.5) is 19.0 Å². The molecule has 0 amide bonds. The van der Waals surface area contributed by atoms with E-state index in [2.05, 4.69) is 35.5 Å². The zero-order valence-electron chi connectivity index (χ0n) is 15.7. The van der Waals surface area contributed by atoms with Gasteiger partial charge in [0.1, 0.15) is 11.4 Å². The van der Waals surface area contributed by atoms with Crippen LogP contribution < -0.4 is 15.2 Å². The van der Waals surface area contributed by atoms with Crippen molar-refractivity contribution in [3.05, 3.63) is 30.6 Å². The third-order valence-corrected chi connectivity index (χ3v) is 4.72. The monoisotopic (exact) mass is 412 g/mol. The number of aromatic nitrogens is 3. The van der Waals surface area contributed by atoms with Gasteiger partial charge in [-0.1, -0.05) is 20.8 Å². The molecule has 0 aliphatic carbocycles. The zero-order chi connectivity index (χ0) is 20.7. The molecule has 150 valence electrons. The molecule has 0 unspecified atom stereocenters. The number of anilines is 1. The van der Waals surface area contributed by atoms with Crippen LogP contribution in [0.25, 0.3) is 17.0 Å². The molecule has 0 aromatic carbocycles. The number of pyridine rings is 2. The van der Waals surface area contributed by atoms with Gasteiger partial charge in [-0.2, -0.15) is 0 Å². The minimum Gasteiger partial charge on any atom is -0.495 e. The van der Waals surface area contributed by atoms with Crippen molar-refractivity contribution < 1.29 is 22.6 Å². The third-order valence-electron chi connectivity index (χ3n) is 3.58. The van der Waals surface area contributed by atoms with Crippen LogP contribution in [-0.2, 0) is 0 Å². The highest BCUT2D eigenvalue weighted by Gasteiger charge is 2.32. The Morgan fingerprint density at radius 2 is 1.86 bits per heavy atom.